The Morgan fingerprint density at radius 3 is 2.64 bits per heavy atom. The van der Waals surface area contributed by atoms with Gasteiger partial charge in [-0.25, -0.2) is 9.97 Å². The van der Waals surface area contributed by atoms with E-state index in [1.165, 1.54) is 18.5 Å². The molecule has 0 spiro atoms. The van der Waals surface area contributed by atoms with Gasteiger partial charge in [0.05, 0.1) is 24.6 Å². The van der Waals surface area contributed by atoms with E-state index in [9.17, 15) is 14.9 Å². The van der Waals surface area contributed by atoms with E-state index in [1.807, 2.05) is 0 Å². The number of nitrogens with one attached hydrogen (secondary N) is 1. The van der Waals surface area contributed by atoms with E-state index in [2.05, 4.69) is 20.2 Å². The van der Waals surface area contributed by atoms with Crippen LogP contribution in [0.5, 0.6) is 0 Å². The van der Waals surface area contributed by atoms with Crippen LogP contribution in [-0.2, 0) is 16.0 Å². The van der Waals surface area contributed by atoms with Crippen LogP contribution >= 0.6 is 0 Å². The summed E-state index contributed by atoms with van der Waals surface area (Å²) >= 11 is 0. The van der Waals surface area contributed by atoms with E-state index in [0.717, 1.165) is 18.9 Å². The molecule has 0 unspecified atom stereocenters. The number of anilines is 2. The second-order valence-corrected chi connectivity index (χ2v) is 5.51. The third-order valence-electron chi connectivity index (χ3n) is 3.77. The van der Waals surface area contributed by atoms with E-state index in [4.69, 9.17) is 4.74 Å². The lowest BCUT2D eigenvalue weighted by atomic mass is 10.1. The molecule has 3 rings (SSSR count). The fourth-order valence-corrected chi connectivity index (χ4v) is 2.49. The van der Waals surface area contributed by atoms with Crippen molar-refractivity contribution in [2.45, 2.75) is 6.42 Å². The average molecular weight is 343 g/mol. The second-order valence-electron chi connectivity index (χ2n) is 5.51. The van der Waals surface area contributed by atoms with Gasteiger partial charge < -0.3 is 15.0 Å². The van der Waals surface area contributed by atoms with Crippen LogP contribution in [0.15, 0.2) is 36.7 Å². The van der Waals surface area contributed by atoms with Crippen LogP contribution in [0.1, 0.15) is 5.56 Å². The maximum Gasteiger partial charge on any atom is 0.269 e. The first-order valence-electron chi connectivity index (χ1n) is 7.80. The highest BCUT2D eigenvalue weighted by Crippen LogP contribution is 2.16. The minimum absolute atomic E-state index is 0.00453. The van der Waals surface area contributed by atoms with Crippen molar-refractivity contribution in [1.29, 1.82) is 0 Å². The largest absolute Gasteiger partial charge is 0.378 e. The van der Waals surface area contributed by atoms with Crippen molar-refractivity contribution in [3.8, 4) is 0 Å². The number of amides is 1. The minimum Gasteiger partial charge on any atom is -0.378 e. The standard InChI is InChI=1S/C16H17N5O4/c22-16(9-12-1-3-13(4-2-12)21(23)24)19-14-10-15(18-11-17-14)20-5-7-25-8-6-20/h1-4,10-11H,5-9H2,(H,17,18,19,22). The molecule has 0 aliphatic carbocycles. The lowest BCUT2D eigenvalue weighted by Crippen LogP contribution is -2.36. The number of nitro groups is 1. The molecule has 2 heterocycles. The molecule has 2 aromatic rings. The Kier molecular flexibility index (Phi) is 5.14. The molecule has 1 aliphatic heterocycles. The van der Waals surface area contributed by atoms with Crippen molar-refractivity contribution in [2.24, 2.45) is 0 Å². The van der Waals surface area contributed by atoms with Gasteiger partial charge in [-0.2, -0.15) is 0 Å². The molecule has 9 heteroatoms. The molecule has 1 N–H and O–H groups in total. The third kappa shape index (κ3) is 4.48. The first-order valence-corrected chi connectivity index (χ1v) is 7.80. The van der Waals surface area contributed by atoms with Crippen LogP contribution in [0.4, 0.5) is 17.3 Å². The molecule has 1 aromatic carbocycles. The smallest absolute Gasteiger partial charge is 0.269 e. The quantitative estimate of drug-likeness (QED) is 0.645. The molecule has 130 valence electrons. The maximum absolute atomic E-state index is 12.1. The third-order valence-corrected chi connectivity index (χ3v) is 3.77. The van der Waals surface area contributed by atoms with Crippen LogP contribution in [-0.4, -0.2) is 47.1 Å². The van der Waals surface area contributed by atoms with Gasteiger partial charge in [0.1, 0.15) is 18.0 Å². The fourth-order valence-electron chi connectivity index (χ4n) is 2.49. The predicted octanol–water partition coefficient (Wildman–Crippen LogP) is 1.40. The zero-order chi connectivity index (χ0) is 17.6. The zero-order valence-corrected chi connectivity index (χ0v) is 13.4. The molecule has 1 saturated heterocycles. The molecule has 1 aromatic heterocycles. The van der Waals surface area contributed by atoms with Gasteiger partial charge >= 0.3 is 0 Å². The monoisotopic (exact) mass is 343 g/mol. The number of nitro benzene ring substituents is 1. The number of hydrogen-bond donors (Lipinski definition) is 1. The molecule has 0 saturated carbocycles. The van der Waals surface area contributed by atoms with Crippen LogP contribution in [0, 0.1) is 10.1 Å². The van der Waals surface area contributed by atoms with Crippen molar-refractivity contribution in [2.75, 3.05) is 36.5 Å². The zero-order valence-electron chi connectivity index (χ0n) is 13.4. The Balaban J connectivity index is 1.61. The number of ether oxygens (including phenoxy) is 1. The van der Waals surface area contributed by atoms with Gasteiger partial charge in [0.2, 0.25) is 5.91 Å². The van der Waals surface area contributed by atoms with Crippen LogP contribution < -0.4 is 10.2 Å². The Morgan fingerprint density at radius 1 is 1.24 bits per heavy atom. The Labute approximate surface area is 143 Å². The van der Waals surface area contributed by atoms with Gasteiger partial charge in [0.15, 0.2) is 0 Å². The highest BCUT2D eigenvalue weighted by atomic mass is 16.6. The fraction of sp³-hybridized carbons (Fsp3) is 0.312. The summed E-state index contributed by atoms with van der Waals surface area (Å²) in [6.07, 6.45) is 1.52. The summed E-state index contributed by atoms with van der Waals surface area (Å²) in [5.41, 5.74) is 0.681. The van der Waals surface area contributed by atoms with E-state index in [1.54, 1.807) is 18.2 Å². The Morgan fingerprint density at radius 2 is 1.96 bits per heavy atom. The number of carbonyl (C=O) groups excluding carboxylic acids is 1. The number of carbonyl (C=O) groups is 1. The van der Waals surface area contributed by atoms with Gasteiger partial charge in [-0.1, -0.05) is 12.1 Å². The number of hydrogen-bond acceptors (Lipinski definition) is 7. The minimum atomic E-state index is -0.474. The van der Waals surface area contributed by atoms with Gasteiger partial charge in [-0.15, -0.1) is 0 Å². The maximum atomic E-state index is 12.1. The van der Waals surface area contributed by atoms with Crippen molar-refractivity contribution in [1.82, 2.24) is 9.97 Å². The number of aromatic nitrogens is 2. The molecule has 9 nitrogen and oxygen atoms in total. The SMILES string of the molecule is O=C(Cc1ccc([N+](=O)[O-])cc1)Nc1cc(N2CCOCC2)ncn1. The predicted molar refractivity (Wildman–Crippen MR) is 90.5 cm³/mol. The summed E-state index contributed by atoms with van der Waals surface area (Å²) in [6, 6.07) is 7.61. The number of nitrogens with zero attached hydrogens (tertiary/aromatic N) is 4. The van der Waals surface area contributed by atoms with Crippen molar-refractivity contribution in [3.05, 3.63) is 52.3 Å². The summed E-state index contributed by atoms with van der Waals surface area (Å²) in [7, 11) is 0. The van der Waals surface area contributed by atoms with E-state index < -0.39 is 4.92 Å². The second kappa shape index (κ2) is 7.67. The molecule has 0 radical (unpaired) electrons. The van der Waals surface area contributed by atoms with Crippen molar-refractivity contribution in [3.63, 3.8) is 0 Å². The summed E-state index contributed by atoms with van der Waals surface area (Å²) in [6.45, 7) is 2.78. The lowest BCUT2D eigenvalue weighted by Gasteiger charge is -2.27. The number of rotatable bonds is 5. The topological polar surface area (TPSA) is 110 Å². The Hall–Kier alpha value is -3.07. The van der Waals surface area contributed by atoms with Crippen LogP contribution in [0.2, 0.25) is 0 Å². The first-order chi connectivity index (χ1) is 12.1. The van der Waals surface area contributed by atoms with Crippen LogP contribution in [0.3, 0.4) is 0 Å². The highest BCUT2D eigenvalue weighted by Gasteiger charge is 2.14. The number of morpholine rings is 1. The number of non-ortho nitro benzene ring substituents is 1. The molecule has 1 fully saturated rings. The van der Waals surface area contributed by atoms with Crippen molar-refractivity contribution < 1.29 is 14.5 Å². The molecule has 0 atom stereocenters. The van der Waals surface area contributed by atoms with E-state index in [-0.39, 0.29) is 18.0 Å². The van der Waals surface area contributed by atoms with Gasteiger partial charge in [-0.05, 0) is 5.56 Å². The molecule has 0 bridgehead atoms. The van der Waals surface area contributed by atoms with Crippen molar-refractivity contribution >= 4 is 23.2 Å². The van der Waals surface area contributed by atoms with Gasteiger partial charge in [-0.3, -0.25) is 14.9 Å². The summed E-state index contributed by atoms with van der Waals surface area (Å²) in [5, 5.41) is 13.4. The van der Waals surface area contributed by atoms with Gasteiger partial charge in [0, 0.05) is 31.3 Å². The normalized spacial score (nSPS) is 14.2. The van der Waals surface area contributed by atoms with Gasteiger partial charge in [0.25, 0.3) is 5.69 Å². The molecule has 1 amide bonds. The molecule has 1 aliphatic rings. The average Bonchev–Trinajstić information content (AvgIpc) is 2.63. The van der Waals surface area contributed by atoms with E-state index in [0.29, 0.717) is 24.6 Å². The lowest BCUT2D eigenvalue weighted by molar-refractivity contribution is -0.384. The highest BCUT2D eigenvalue weighted by molar-refractivity contribution is 5.91. The molecular formula is C16H17N5O4. The summed E-state index contributed by atoms with van der Waals surface area (Å²) in [4.78, 5) is 32.7. The summed E-state index contributed by atoms with van der Waals surface area (Å²) < 4.78 is 5.31. The van der Waals surface area contributed by atoms with E-state index >= 15 is 0 Å². The summed E-state index contributed by atoms with van der Waals surface area (Å²) in [5.74, 6) is 0.910. The number of benzene rings is 1. The first kappa shape index (κ1) is 16.8. The molecular weight excluding hydrogens is 326 g/mol. The molecule has 25 heavy (non-hydrogen) atoms. The Bertz CT molecular complexity index is 759. The van der Waals surface area contributed by atoms with Crippen LogP contribution in [0.25, 0.3) is 0 Å².